The summed E-state index contributed by atoms with van der Waals surface area (Å²) in [6.45, 7) is 0.163. The fourth-order valence-electron chi connectivity index (χ4n) is 5.29. The number of carbonyl (C=O) groups excluding carboxylic acids is 2. The zero-order chi connectivity index (χ0) is 31.4. The molecule has 45 heavy (non-hydrogen) atoms. The van der Waals surface area contributed by atoms with Gasteiger partial charge >= 0.3 is 12.4 Å². The highest BCUT2D eigenvalue weighted by Gasteiger charge is 2.31. The number of hydrogen-bond donors (Lipinski definition) is 3. The fourth-order valence-corrected chi connectivity index (χ4v) is 6.17. The molecule has 1 aliphatic rings. The lowest BCUT2D eigenvalue weighted by Crippen LogP contribution is -2.34. The van der Waals surface area contributed by atoms with Gasteiger partial charge in [-0.1, -0.05) is 60.0 Å². The molecule has 15 heteroatoms. The maximum atomic E-state index is 13.7. The van der Waals surface area contributed by atoms with Crippen LogP contribution in [-0.4, -0.2) is 43.9 Å². The molecule has 3 amide bonds. The number of aromatic nitrogens is 5. The van der Waals surface area contributed by atoms with Crippen LogP contribution in [0.15, 0.2) is 66.7 Å². The van der Waals surface area contributed by atoms with Crippen LogP contribution in [0.2, 0.25) is 0 Å². The summed E-state index contributed by atoms with van der Waals surface area (Å²) in [7, 11) is 0. The monoisotopic (exact) mass is 636 g/mol. The Kier molecular flexibility index (Phi) is 8.60. The van der Waals surface area contributed by atoms with Crippen LogP contribution in [0.1, 0.15) is 59.5 Å². The van der Waals surface area contributed by atoms with E-state index in [0.29, 0.717) is 27.4 Å². The van der Waals surface area contributed by atoms with Gasteiger partial charge in [0.15, 0.2) is 5.13 Å². The normalized spacial score (nSPS) is 13.8. The van der Waals surface area contributed by atoms with Gasteiger partial charge in [-0.2, -0.15) is 5.21 Å². The maximum Gasteiger partial charge on any atom is 0.573 e. The van der Waals surface area contributed by atoms with Crippen molar-refractivity contribution in [3.63, 3.8) is 0 Å². The number of benzene rings is 3. The highest BCUT2D eigenvalue weighted by Crippen LogP contribution is 2.35. The van der Waals surface area contributed by atoms with Crippen LogP contribution in [0.25, 0.3) is 10.2 Å². The van der Waals surface area contributed by atoms with Gasteiger partial charge in [-0.15, -0.1) is 18.3 Å². The molecule has 1 fully saturated rings. The molecule has 5 aromatic rings. The minimum absolute atomic E-state index is 0.0440. The molecular weight excluding hydrogens is 609 g/mol. The first-order valence-electron chi connectivity index (χ1n) is 14.2. The van der Waals surface area contributed by atoms with Crippen molar-refractivity contribution in [2.45, 2.75) is 50.9 Å². The average Bonchev–Trinajstić information content (AvgIpc) is 3.69. The van der Waals surface area contributed by atoms with Gasteiger partial charge in [0.1, 0.15) is 5.75 Å². The van der Waals surface area contributed by atoms with E-state index in [9.17, 15) is 22.8 Å². The second-order valence-electron chi connectivity index (χ2n) is 10.5. The zero-order valence-electron chi connectivity index (χ0n) is 23.7. The van der Waals surface area contributed by atoms with Gasteiger partial charge in [-0.3, -0.25) is 20.3 Å². The Morgan fingerprint density at radius 3 is 2.42 bits per heavy atom. The van der Waals surface area contributed by atoms with Crippen LogP contribution in [0.5, 0.6) is 5.75 Å². The fraction of sp³-hybridized carbons (Fsp3) is 0.267. The van der Waals surface area contributed by atoms with E-state index in [-0.39, 0.29) is 23.4 Å². The number of urea groups is 1. The minimum atomic E-state index is -4.82. The lowest BCUT2D eigenvalue weighted by Gasteiger charge is -2.25. The second-order valence-corrected chi connectivity index (χ2v) is 11.6. The number of aromatic amines is 1. The van der Waals surface area contributed by atoms with Gasteiger partial charge in [0, 0.05) is 17.3 Å². The van der Waals surface area contributed by atoms with Crippen LogP contribution in [0.4, 0.5) is 34.7 Å². The van der Waals surface area contributed by atoms with E-state index in [1.807, 2.05) is 12.1 Å². The van der Waals surface area contributed by atoms with Crippen molar-refractivity contribution in [3.8, 4) is 5.75 Å². The van der Waals surface area contributed by atoms with Gasteiger partial charge in [-0.05, 0) is 71.5 Å². The summed E-state index contributed by atoms with van der Waals surface area (Å²) in [6, 6.07) is 18.0. The number of alkyl halides is 3. The van der Waals surface area contributed by atoms with Crippen molar-refractivity contribution in [3.05, 3.63) is 83.4 Å². The Labute approximate surface area is 258 Å². The van der Waals surface area contributed by atoms with E-state index >= 15 is 0 Å². The van der Waals surface area contributed by atoms with Crippen LogP contribution in [-0.2, 0) is 6.54 Å². The number of tetrazole rings is 1. The molecule has 0 aliphatic heterocycles. The molecule has 0 spiro atoms. The Morgan fingerprint density at radius 2 is 1.73 bits per heavy atom. The number of nitrogens with one attached hydrogen (secondary N) is 3. The number of H-pyrrole nitrogens is 1. The molecule has 2 heterocycles. The smallest absolute Gasteiger partial charge is 0.406 e. The standard InChI is InChI=1S/C30H27F3N8O3S/c31-30(32,33)44-23-14-15-24-25(16-23)45-28(34-24)36-29(43)41(22-12-10-20(11-13-22)19-4-2-1-3-5-19)17-18-6-8-21(9-7-18)26(42)35-27-37-39-40-38-27/h6-16,19H,1-5,17H2,(H,34,36,43)(H2,35,37,38,39,40,42). The van der Waals surface area contributed by atoms with Gasteiger partial charge in [0.25, 0.3) is 11.9 Å². The largest absolute Gasteiger partial charge is 0.573 e. The number of ether oxygens (including phenoxy) is 1. The molecule has 3 aromatic carbocycles. The first-order valence-corrected chi connectivity index (χ1v) is 15.0. The Bertz CT molecular complexity index is 1770. The van der Waals surface area contributed by atoms with Crippen molar-refractivity contribution in [2.75, 3.05) is 15.5 Å². The highest BCUT2D eigenvalue weighted by molar-refractivity contribution is 7.22. The van der Waals surface area contributed by atoms with Crippen molar-refractivity contribution < 1.29 is 27.5 Å². The van der Waals surface area contributed by atoms with E-state index in [0.717, 1.165) is 29.7 Å². The Morgan fingerprint density at radius 1 is 0.978 bits per heavy atom. The number of carbonyl (C=O) groups is 2. The van der Waals surface area contributed by atoms with Gasteiger partial charge in [0.2, 0.25) is 0 Å². The summed E-state index contributed by atoms with van der Waals surface area (Å²) in [5, 5.41) is 18.6. The van der Waals surface area contributed by atoms with Crippen LogP contribution in [0.3, 0.4) is 0 Å². The number of halogens is 3. The minimum Gasteiger partial charge on any atom is -0.406 e. The molecule has 1 saturated carbocycles. The number of rotatable bonds is 8. The molecule has 0 atom stereocenters. The molecule has 0 saturated heterocycles. The molecule has 6 rings (SSSR count). The van der Waals surface area contributed by atoms with E-state index in [2.05, 4.69) is 53.1 Å². The van der Waals surface area contributed by atoms with Gasteiger partial charge in [-0.25, -0.2) is 9.78 Å². The van der Waals surface area contributed by atoms with Crippen molar-refractivity contribution in [2.24, 2.45) is 0 Å². The van der Waals surface area contributed by atoms with Crippen LogP contribution in [0, 0.1) is 0 Å². The third-order valence-corrected chi connectivity index (χ3v) is 8.39. The van der Waals surface area contributed by atoms with Crippen molar-refractivity contribution in [1.82, 2.24) is 25.6 Å². The molecule has 11 nitrogen and oxygen atoms in total. The molecule has 0 bridgehead atoms. The molecule has 3 N–H and O–H groups in total. The predicted molar refractivity (Wildman–Crippen MR) is 162 cm³/mol. The number of thiazole rings is 1. The van der Waals surface area contributed by atoms with Crippen LogP contribution >= 0.6 is 11.3 Å². The van der Waals surface area contributed by atoms with Crippen molar-refractivity contribution >= 4 is 50.3 Å². The third-order valence-electron chi connectivity index (χ3n) is 7.46. The molecule has 1 aliphatic carbocycles. The van der Waals surface area contributed by atoms with Gasteiger partial charge in [0.05, 0.1) is 16.8 Å². The van der Waals surface area contributed by atoms with E-state index < -0.39 is 18.3 Å². The molecule has 232 valence electrons. The maximum absolute atomic E-state index is 13.7. The zero-order valence-corrected chi connectivity index (χ0v) is 24.5. The summed E-state index contributed by atoms with van der Waals surface area (Å²) < 4.78 is 42.5. The summed E-state index contributed by atoms with van der Waals surface area (Å²) in [5.41, 5.74) is 3.41. The topological polar surface area (TPSA) is 138 Å². The van der Waals surface area contributed by atoms with Gasteiger partial charge < -0.3 is 4.74 Å². The summed E-state index contributed by atoms with van der Waals surface area (Å²) in [6.07, 6.45) is 1.13. The molecule has 2 aromatic heterocycles. The summed E-state index contributed by atoms with van der Waals surface area (Å²) >= 11 is 1.03. The summed E-state index contributed by atoms with van der Waals surface area (Å²) in [4.78, 5) is 32.2. The first kappa shape index (κ1) is 30.0. The Hall–Kier alpha value is -5.05. The quantitative estimate of drug-likeness (QED) is 0.163. The molecular formula is C30H27F3N8O3S. The molecule has 0 unspecified atom stereocenters. The van der Waals surface area contributed by atoms with E-state index in [1.165, 1.54) is 43.0 Å². The number of hydrogen-bond acceptors (Lipinski definition) is 8. The second kappa shape index (κ2) is 12.9. The SMILES string of the molecule is O=C(Nc1nn[nH]n1)c1ccc(CN(C(=O)Nc2nc3ccc(OC(F)(F)F)cc3s2)c2ccc(C3CCCCC3)cc2)cc1. The predicted octanol–water partition coefficient (Wildman–Crippen LogP) is 7.25. The Balaban J connectivity index is 1.22. The summed E-state index contributed by atoms with van der Waals surface area (Å²) in [5.74, 6) is -0.251. The third kappa shape index (κ3) is 7.55. The number of amides is 3. The lowest BCUT2D eigenvalue weighted by molar-refractivity contribution is -0.274. The van der Waals surface area contributed by atoms with E-state index in [4.69, 9.17) is 0 Å². The number of anilines is 3. The lowest BCUT2D eigenvalue weighted by atomic mass is 9.84. The first-order chi connectivity index (χ1) is 21.7. The number of nitrogens with zero attached hydrogens (tertiary/aromatic N) is 5. The van der Waals surface area contributed by atoms with Crippen molar-refractivity contribution in [1.29, 1.82) is 0 Å². The van der Waals surface area contributed by atoms with E-state index in [1.54, 1.807) is 29.2 Å². The number of fused-ring (bicyclic) bond motifs is 1. The molecule has 0 radical (unpaired) electrons. The van der Waals surface area contributed by atoms with Crippen LogP contribution < -0.4 is 20.3 Å². The highest BCUT2D eigenvalue weighted by atomic mass is 32.1. The average molecular weight is 637 g/mol.